The first-order chi connectivity index (χ1) is 11.4. The number of hydrogen-bond donors (Lipinski definition) is 0. The van der Waals surface area contributed by atoms with Crippen molar-refractivity contribution in [2.24, 2.45) is 0 Å². The minimum absolute atomic E-state index is 0.315. The smallest absolute Gasteiger partial charge is 0.334 e. The van der Waals surface area contributed by atoms with Gasteiger partial charge in [0.1, 0.15) is 18.0 Å². The number of carbonyl (C=O) groups is 1. The quantitative estimate of drug-likeness (QED) is 0.713. The number of carbonyl (C=O) groups excluding carboxylic acids is 1. The van der Waals surface area contributed by atoms with Crippen LogP contribution in [0, 0.1) is 0 Å². The molecule has 1 aromatic rings. The zero-order valence-corrected chi connectivity index (χ0v) is 14.9. The number of ether oxygens (including phenoxy) is 5. The number of esters is 1. The van der Waals surface area contributed by atoms with Crippen LogP contribution in [0.5, 0.6) is 5.75 Å². The van der Waals surface area contributed by atoms with Crippen LogP contribution < -0.4 is 4.74 Å². The Labute approximate surface area is 143 Å². The third-order valence-corrected chi connectivity index (χ3v) is 3.78. The molecule has 0 aliphatic carbocycles. The average Bonchev–Trinajstić information content (AvgIpc) is 2.92. The molecule has 0 aromatic heterocycles. The van der Waals surface area contributed by atoms with E-state index in [1.54, 1.807) is 21.0 Å². The molecule has 1 aromatic carbocycles. The van der Waals surface area contributed by atoms with E-state index in [2.05, 4.69) is 0 Å². The largest absolute Gasteiger partial charge is 0.497 e. The van der Waals surface area contributed by atoms with Crippen molar-refractivity contribution in [1.82, 2.24) is 0 Å². The fourth-order valence-corrected chi connectivity index (χ4v) is 2.57. The van der Waals surface area contributed by atoms with Crippen molar-refractivity contribution < 1.29 is 28.5 Å². The molecule has 0 radical (unpaired) electrons. The van der Waals surface area contributed by atoms with E-state index < -0.39 is 24.0 Å². The van der Waals surface area contributed by atoms with Gasteiger partial charge in [-0.05, 0) is 45.4 Å². The van der Waals surface area contributed by atoms with Crippen LogP contribution in [0.15, 0.2) is 24.3 Å². The van der Waals surface area contributed by atoms with Crippen molar-refractivity contribution in [1.29, 1.82) is 0 Å². The molecule has 1 aliphatic rings. The summed E-state index contributed by atoms with van der Waals surface area (Å²) in [5, 5.41) is 0. The molecule has 24 heavy (non-hydrogen) atoms. The van der Waals surface area contributed by atoms with E-state index in [1.807, 2.05) is 38.1 Å². The predicted molar refractivity (Wildman–Crippen MR) is 87.8 cm³/mol. The van der Waals surface area contributed by atoms with E-state index in [1.165, 1.54) is 0 Å². The first-order valence-corrected chi connectivity index (χ1v) is 8.14. The molecular weight excluding hydrogens is 312 g/mol. The van der Waals surface area contributed by atoms with Gasteiger partial charge >= 0.3 is 5.97 Å². The van der Waals surface area contributed by atoms with Gasteiger partial charge in [-0.1, -0.05) is 12.1 Å². The minimum Gasteiger partial charge on any atom is -0.497 e. The highest BCUT2D eigenvalue weighted by Gasteiger charge is 2.40. The lowest BCUT2D eigenvalue weighted by molar-refractivity contribution is -0.176. The van der Waals surface area contributed by atoms with Crippen LogP contribution in [-0.2, 0) is 23.7 Å². The van der Waals surface area contributed by atoms with E-state index in [0.717, 1.165) is 11.3 Å². The van der Waals surface area contributed by atoms with Crippen LogP contribution in [0.25, 0.3) is 0 Å². The summed E-state index contributed by atoms with van der Waals surface area (Å²) in [6, 6.07) is 7.50. The highest BCUT2D eigenvalue weighted by Crippen LogP contribution is 2.34. The summed E-state index contributed by atoms with van der Waals surface area (Å²) in [6.07, 6.45) is -1.47. The lowest BCUT2D eigenvalue weighted by Crippen LogP contribution is -2.32. The van der Waals surface area contributed by atoms with E-state index in [0.29, 0.717) is 13.2 Å². The molecule has 2 rings (SSSR count). The molecule has 6 nitrogen and oxygen atoms in total. The Kier molecular flexibility index (Phi) is 6.21. The summed E-state index contributed by atoms with van der Waals surface area (Å²) in [5.74, 6) is -0.319. The average molecular weight is 338 g/mol. The van der Waals surface area contributed by atoms with Crippen LogP contribution in [-0.4, -0.2) is 44.3 Å². The van der Waals surface area contributed by atoms with Crippen LogP contribution in [0.4, 0.5) is 0 Å². The Bertz CT molecular complexity index is 539. The zero-order valence-electron chi connectivity index (χ0n) is 14.9. The highest BCUT2D eigenvalue weighted by molar-refractivity contribution is 5.74. The Hall–Kier alpha value is -1.63. The van der Waals surface area contributed by atoms with E-state index in [4.69, 9.17) is 23.7 Å². The molecule has 0 bridgehead atoms. The second-order valence-electron chi connectivity index (χ2n) is 6.09. The van der Waals surface area contributed by atoms with E-state index in [-0.39, 0.29) is 6.10 Å². The van der Waals surface area contributed by atoms with Crippen molar-refractivity contribution in [3.63, 3.8) is 0 Å². The molecule has 0 saturated carbocycles. The van der Waals surface area contributed by atoms with Crippen molar-refractivity contribution in [2.75, 3.05) is 20.3 Å². The lowest BCUT2D eigenvalue weighted by atomic mass is 10.0. The summed E-state index contributed by atoms with van der Waals surface area (Å²) >= 11 is 0. The fraction of sp³-hybridized carbons (Fsp3) is 0.611. The molecule has 1 fully saturated rings. The maximum absolute atomic E-state index is 11.9. The predicted octanol–water partition coefficient (Wildman–Crippen LogP) is 2.86. The second-order valence-corrected chi connectivity index (χ2v) is 6.09. The normalized spacial score (nSPS) is 22.0. The van der Waals surface area contributed by atoms with Crippen molar-refractivity contribution >= 4 is 5.97 Å². The van der Waals surface area contributed by atoms with Crippen LogP contribution in [0.3, 0.4) is 0 Å². The van der Waals surface area contributed by atoms with E-state index >= 15 is 0 Å². The summed E-state index contributed by atoms with van der Waals surface area (Å²) in [7, 11) is 1.61. The summed E-state index contributed by atoms with van der Waals surface area (Å²) in [6.45, 7) is 7.85. The molecule has 1 heterocycles. The van der Waals surface area contributed by atoms with Crippen LogP contribution >= 0.6 is 0 Å². The molecule has 0 amide bonds. The Morgan fingerprint density at radius 1 is 1.33 bits per heavy atom. The molecule has 0 spiro atoms. The molecule has 1 aliphatic heterocycles. The second kappa shape index (κ2) is 7.96. The number of methoxy groups -OCH3 is 1. The monoisotopic (exact) mass is 338 g/mol. The van der Waals surface area contributed by atoms with Gasteiger partial charge < -0.3 is 23.7 Å². The van der Waals surface area contributed by atoms with Gasteiger partial charge in [-0.2, -0.15) is 0 Å². The maximum atomic E-state index is 11.9. The summed E-state index contributed by atoms with van der Waals surface area (Å²) in [5.41, 5.74) is 0.887. The van der Waals surface area contributed by atoms with Crippen molar-refractivity contribution in [2.45, 2.75) is 51.8 Å². The molecule has 0 N–H and O–H groups in total. The summed E-state index contributed by atoms with van der Waals surface area (Å²) in [4.78, 5) is 11.9. The molecular formula is C18H26O6. The zero-order chi connectivity index (χ0) is 17.7. The third-order valence-electron chi connectivity index (χ3n) is 3.78. The SMILES string of the molecule is CCOC(=O)[C@@H](C)O[C@H](c1ccc(OC)cc1)[C@H]1COC(C)(C)O1. The van der Waals surface area contributed by atoms with Gasteiger partial charge in [0.2, 0.25) is 0 Å². The molecule has 134 valence electrons. The first kappa shape index (κ1) is 18.7. The standard InChI is InChI=1S/C18H26O6/c1-6-21-17(19)12(2)23-16(15-11-22-18(3,4)24-15)13-7-9-14(20-5)10-8-13/h7-10,12,15-16H,6,11H2,1-5H3/t12-,15-,16-/m1/s1. The van der Waals surface area contributed by atoms with Gasteiger partial charge in [0, 0.05) is 0 Å². The lowest BCUT2D eigenvalue weighted by Gasteiger charge is -2.27. The van der Waals surface area contributed by atoms with Crippen molar-refractivity contribution in [3.8, 4) is 5.75 Å². The van der Waals surface area contributed by atoms with Gasteiger partial charge in [-0.3, -0.25) is 0 Å². The highest BCUT2D eigenvalue weighted by atomic mass is 16.7. The van der Waals surface area contributed by atoms with Gasteiger partial charge in [-0.15, -0.1) is 0 Å². The van der Waals surface area contributed by atoms with Crippen molar-refractivity contribution in [3.05, 3.63) is 29.8 Å². The van der Waals surface area contributed by atoms with Crippen LogP contribution in [0.2, 0.25) is 0 Å². The minimum atomic E-state index is -0.704. The molecule has 3 atom stereocenters. The molecule has 6 heteroatoms. The number of benzene rings is 1. The molecule has 0 unspecified atom stereocenters. The Balaban J connectivity index is 2.19. The number of hydrogen-bond acceptors (Lipinski definition) is 6. The van der Waals surface area contributed by atoms with Gasteiger partial charge in [0.05, 0.1) is 20.3 Å². The Morgan fingerprint density at radius 3 is 2.50 bits per heavy atom. The summed E-state index contributed by atoms with van der Waals surface area (Å²) < 4.78 is 27.8. The Morgan fingerprint density at radius 2 is 2.00 bits per heavy atom. The maximum Gasteiger partial charge on any atom is 0.334 e. The van der Waals surface area contributed by atoms with Gasteiger partial charge in [0.25, 0.3) is 0 Å². The van der Waals surface area contributed by atoms with E-state index in [9.17, 15) is 4.79 Å². The number of rotatable bonds is 7. The molecule has 1 saturated heterocycles. The van der Waals surface area contributed by atoms with Crippen LogP contribution in [0.1, 0.15) is 39.4 Å². The third kappa shape index (κ3) is 4.69. The topological polar surface area (TPSA) is 63.2 Å². The fourth-order valence-electron chi connectivity index (χ4n) is 2.57. The van der Waals surface area contributed by atoms with Gasteiger partial charge in [-0.25, -0.2) is 4.79 Å². The van der Waals surface area contributed by atoms with Gasteiger partial charge in [0.15, 0.2) is 11.9 Å². The first-order valence-electron chi connectivity index (χ1n) is 8.14.